The molecule has 0 aromatic rings. The van der Waals surface area contributed by atoms with Gasteiger partial charge in [0.15, 0.2) is 0 Å². The molecule has 0 bridgehead atoms. The van der Waals surface area contributed by atoms with E-state index in [0.717, 1.165) is 45.1 Å². The Morgan fingerprint density at radius 3 is 2.74 bits per heavy atom. The summed E-state index contributed by atoms with van der Waals surface area (Å²) in [6, 6.07) is 2.59. The van der Waals surface area contributed by atoms with Crippen molar-refractivity contribution in [2.75, 3.05) is 13.2 Å². The number of piperidine rings is 1. The van der Waals surface area contributed by atoms with Gasteiger partial charge in [0.05, 0.1) is 18.6 Å². The van der Waals surface area contributed by atoms with E-state index in [2.05, 4.69) is 11.0 Å². The highest BCUT2D eigenvalue weighted by atomic mass is 16.5. The number of carbonyl (C=O) groups excluding carboxylic acids is 1. The average Bonchev–Trinajstić information content (AvgIpc) is 2.47. The van der Waals surface area contributed by atoms with Crippen molar-refractivity contribution in [1.29, 1.82) is 5.26 Å². The van der Waals surface area contributed by atoms with Crippen molar-refractivity contribution >= 4 is 5.97 Å². The lowest BCUT2D eigenvalue weighted by atomic mass is 9.82. The lowest BCUT2D eigenvalue weighted by Crippen LogP contribution is -2.53. The first-order valence-corrected chi connectivity index (χ1v) is 7.60. The molecule has 2 fully saturated rings. The summed E-state index contributed by atoms with van der Waals surface area (Å²) < 4.78 is 5.21. The highest BCUT2D eigenvalue weighted by molar-refractivity contribution is 5.76. The zero-order chi connectivity index (χ0) is 13.7. The first-order valence-electron chi connectivity index (χ1n) is 7.60. The molecule has 3 atom stereocenters. The molecule has 4 heteroatoms. The summed E-state index contributed by atoms with van der Waals surface area (Å²) in [6.45, 7) is 3.23. The van der Waals surface area contributed by atoms with Gasteiger partial charge in [-0.1, -0.05) is 19.3 Å². The molecule has 3 unspecified atom stereocenters. The van der Waals surface area contributed by atoms with Crippen LogP contribution >= 0.6 is 0 Å². The van der Waals surface area contributed by atoms with Crippen molar-refractivity contribution in [1.82, 2.24) is 4.90 Å². The van der Waals surface area contributed by atoms with Gasteiger partial charge >= 0.3 is 5.97 Å². The van der Waals surface area contributed by atoms with Gasteiger partial charge in [-0.15, -0.1) is 0 Å². The third-order valence-electron chi connectivity index (χ3n) is 4.42. The Balaban J connectivity index is 2.09. The number of hydrogen-bond donors (Lipinski definition) is 0. The zero-order valence-corrected chi connectivity index (χ0v) is 11.8. The van der Waals surface area contributed by atoms with Crippen molar-refractivity contribution < 1.29 is 9.53 Å². The van der Waals surface area contributed by atoms with Crippen LogP contribution in [0, 0.1) is 17.2 Å². The smallest absolute Gasteiger partial charge is 0.323 e. The zero-order valence-electron chi connectivity index (χ0n) is 11.8. The van der Waals surface area contributed by atoms with E-state index in [1.165, 1.54) is 6.42 Å². The quantitative estimate of drug-likeness (QED) is 0.735. The fraction of sp³-hybridized carbons (Fsp3) is 0.867. The molecular formula is C15H24N2O2. The number of nitrogens with zero attached hydrogens (tertiary/aromatic N) is 2. The molecule has 2 aliphatic rings. The van der Waals surface area contributed by atoms with E-state index >= 15 is 0 Å². The van der Waals surface area contributed by atoms with Gasteiger partial charge in [0, 0.05) is 6.04 Å². The SMILES string of the molecule is CCOC(=O)C1CCCCN1C1CCCCC1C#N. The molecule has 1 saturated carbocycles. The fourth-order valence-corrected chi connectivity index (χ4v) is 3.50. The average molecular weight is 264 g/mol. The third kappa shape index (κ3) is 3.27. The third-order valence-corrected chi connectivity index (χ3v) is 4.42. The predicted octanol–water partition coefficient (Wildman–Crippen LogP) is 2.49. The van der Waals surface area contributed by atoms with E-state index in [4.69, 9.17) is 4.74 Å². The van der Waals surface area contributed by atoms with Crippen LogP contribution in [0.4, 0.5) is 0 Å². The molecule has 0 spiro atoms. The normalized spacial score (nSPS) is 32.5. The molecule has 0 amide bonds. The number of rotatable bonds is 3. The lowest BCUT2D eigenvalue weighted by Gasteiger charge is -2.43. The molecule has 0 radical (unpaired) electrons. The van der Waals surface area contributed by atoms with Gasteiger partial charge in [-0.2, -0.15) is 5.26 Å². The number of nitriles is 1. The van der Waals surface area contributed by atoms with Crippen LogP contribution < -0.4 is 0 Å². The highest BCUT2D eigenvalue weighted by Gasteiger charge is 2.38. The van der Waals surface area contributed by atoms with E-state index in [-0.39, 0.29) is 24.0 Å². The molecular weight excluding hydrogens is 240 g/mol. The van der Waals surface area contributed by atoms with E-state index in [1.54, 1.807) is 0 Å². The number of esters is 1. The van der Waals surface area contributed by atoms with Crippen molar-refractivity contribution in [3.63, 3.8) is 0 Å². The number of ether oxygens (including phenoxy) is 1. The van der Waals surface area contributed by atoms with Crippen molar-refractivity contribution in [2.24, 2.45) is 5.92 Å². The van der Waals surface area contributed by atoms with Crippen molar-refractivity contribution in [3.05, 3.63) is 0 Å². The summed E-state index contributed by atoms with van der Waals surface area (Å²) >= 11 is 0. The lowest BCUT2D eigenvalue weighted by molar-refractivity contribution is -0.152. The Morgan fingerprint density at radius 2 is 2.00 bits per heavy atom. The molecule has 0 N–H and O–H groups in total. The summed E-state index contributed by atoms with van der Waals surface area (Å²) in [5.74, 6) is -0.00626. The molecule has 1 heterocycles. The molecule has 1 aliphatic carbocycles. The van der Waals surface area contributed by atoms with Crippen LogP contribution in [0.3, 0.4) is 0 Å². The van der Waals surface area contributed by atoms with Gasteiger partial charge in [-0.25, -0.2) is 0 Å². The Hall–Kier alpha value is -1.08. The van der Waals surface area contributed by atoms with E-state index in [0.29, 0.717) is 6.61 Å². The van der Waals surface area contributed by atoms with Gasteiger partial charge in [-0.05, 0) is 39.2 Å². The fourth-order valence-electron chi connectivity index (χ4n) is 3.50. The van der Waals surface area contributed by atoms with Gasteiger partial charge < -0.3 is 4.74 Å². The summed E-state index contributed by atoms with van der Waals surface area (Å²) in [4.78, 5) is 14.4. The van der Waals surface area contributed by atoms with E-state index in [1.807, 2.05) is 6.92 Å². The van der Waals surface area contributed by atoms with Crippen LogP contribution in [0.5, 0.6) is 0 Å². The van der Waals surface area contributed by atoms with Crippen LogP contribution in [0.15, 0.2) is 0 Å². The maximum atomic E-state index is 12.1. The molecule has 4 nitrogen and oxygen atoms in total. The molecule has 0 aromatic heterocycles. The molecule has 0 aromatic carbocycles. The number of hydrogen-bond acceptors (Lipinski definition) is 4. The number of carbonyl (C=O) groups is 1. The Morgan fingerprint density at radius 1 is 1.26 bits per heavy atom. The van der Waals surface area contributed by atoms with E-state index < -0.39 is 0 Å². The first kappa shape index (κ1) is 14.3. The van der Waals surface area contributed by atoms with Crippen LogP contribution in [-0.4, -0.2) is 36.1 Å². The molecule has 1 aliphatic heterocycles. The van der Waals surface area contributed by atoms with Crippen LogP contribution in [0.2, 0.25) is 0 Å². The van der Waals surface area contributed by atoms with Crippen molar-refractivity contribution in [3.8, 4) is 6.07 Å². The summed E-state index contributed by atoms with van der Waals surface area (Å²) in [5, 5.41) is 9.33. The minimum atomic E-state index is -0.118. The minimum Gasteiger partial charge on any atom is -0.465 e. The summed E-state index contributed by atoms with van der Waals surface area (Å²) in [7, 11) is 0. The first-order chi connectivity index (χ1) is 9.27. The summed E-state index contributed by atoms with van der Waals surface area (Å²) in [6.07, 6.45) is 7.45. The molecule has 106 valence electrons. The van der Waals surface area contributed by atoms with Crippen LogP contribution in [0.25, 0.3) is 0 Å². The topological polar surface area (TPSA) is 53.3 Å². The van der Waals surface area contributed by atoms with Gasteiger partial charge in [0.2, 0.25) is 0 Å². The van der Waals surface area contributed by atoms with Crippen LogP contribution in [-0.2, 0) is 9.53 Å². The van der Waals surface area contributed by atoms with Gasteiger partial charge in [0.1, 0.15) is 6.04 Å². The second kappa shape index (κ2) is 6.91. The Labute approximate surface area is 115 Å². The Kier molecular flexibility index (Phi) is 5.21. The molecule has 2 rings (SSSR count). The van der Waals surface area contributed by atoms with E-state index in [9.17, 15) is 10.1 Å². The largest absolute Gasteiger partial charge is 0.465 e. The number of likely N-dealkylation sites (tertiary alicyclic amines) is 1. The second-order valence-electron chi connectivity index (χ2n) is 5.59. The molecule has 19 heavy (non-hydrogen) atoms. The minimum absolute atomic E-state index is 0.0868. The van der Waals surface area contributed by atoms with Crippen LogP contribution in [0.1, 0.15) is 51.9 Å². The Bertz CT molecular complexity index is 351. The maximum Gasteiger partial charge on any atom is 0.323 e. The van der Waals surface area contributed by atoms with Gasteiger partial charge in [0.25, 0.3) is 0 Å². The summed E-state index contributed by atoms with van der Waals surface area (Å²) in [5.41, 5.74) is 0. The second-order valence-corrected chi connectivity index (χ2v) is 5.59. The predicted molar refractivity (Wildman–Crippen MR) is 72.3 cm³/mol. The highest BCUT2D eigenvalue weighted by Crippen LogP contribution is 2.32. The van der Waals surface area contributed by atoms with Crippen molar-refractivity contribution in [2.45, 2.75) is 64.0 Å². The standard InChI is InChI=1S/C15H24N2O2/c1-2-19-15(18)14-9-5-6-10-17(14)13-8-4-3-7-12(13)11-16/h12-14H,2-10H2,1H3. The molecule has 1 saturated heterocycles. The maximum absolute atomic E-state index is 12.1. The monoisotopic (exact) mass is 264 g/mol. The van der Waals surface area contributed by atoms with Gasteiger partial charge in [-0.3, -0.25) is 9.69 Å².